The van der Waals surface area contributed by atoms with Crippen LogP contribution in [-0.4, -0.2) is 37.6 Å². The van der Waals surface area contributed by atoms with Crippen LogP contribution in [0.1, 0.15) is 24.9 Å². The summed E-state index contributed by atoms with van der Waals surface area (Å²) < 4.78 is 5.21. The molecule has 1 amide bonds. The van der Waals surface area contributed by atoms with E-state index < -0.39 is 0 Å². The van der Waals surface area contributed by atoms with Gasteiger partial charge < -0.3 is 9.64 Å². The van der Waals surface area contributed by atoms with Crippen molar-refractivity contribution in [3.05, 3.63) is 29.8 Å². The van der Waals surface area contributed by atoms with Gasteiger partial charge in [-0.1, -0.05) is 12.1 Å². The zero-order valence-electron chi connectivity index (χ0n) is 11.1. The van der Waals surface area contributed by atoms with Crippen LogP contribution >= 0.6 is 0 Å². The number of carbonyl (C=O) groups excluding carboxylic acids is 1. The van der Waals surface area contributed by atoms with Gasteiger partial charge in [0.05, 0.1) is 13.2 Å². The predicted molar refractivity (Wildman–Crippen MR) is 70.6 cm³/mol. The van der Waals surface area contributed by atoms with E-state index >= 15 is 0 Å². The molecule has 0 aliphatic carbocycles. The molecule has 1 fully saturated rings. The van der Waals surface area contributed by atoms with E-state index in [9.17, 15) is 4.79 Å². The Morgan fingerprint density at radius 2 is 2.28 bits per heavy atom. The summed E-state index contributed by atoms with van der Waals surface area (Å²) in [5, 5.41) is 3.38. The first-order chi connectivity index (χ1) is 8.61. The van der Waals surface area contributed by atoms with E-state index in [0.29, 0.717) is 0 Å². The molecule has 1 N–H and O–H groups in total. The molecular formula is C14H20N2O2. The highest BCUT2D eigenvalue weighted by Gasteiger charge is 2.29. The number of ether oxygens (including phenoxy) is 1. The summed E-state index contributed by atoms with van der Waals surface area (Å²) in [6.45, 7) is 2.90. The Labute approximate surface area is 108 Å². The van der Waals surface area contributed by atoms with Crippen LogP contribution in [0.3, 0.4) is 0 Å². The summed E-state index contributed by atoms with van der Waals surface area (Å²) >= 11 is 0. The van der Waals surface area contributed by atoms with Gasteiger partial charge in [-0.25, -0.2) is 0 Å². The van der Waals surface area contributed by atoms with E-state index in [-0.39, 0.29) is 18.0 Å². The van der Waals surface area contributed by atoms with Gasteiger partial charge in [0.2, 0.25) is 5.91 Å². The minimum Gasteiger partial charge on any atom is -0.497 e. The number of amides is 1. The van der Waals surface area contributed by atoms with Crippen LogP contribution in [0.5, 0.6) is 5.75 Å². The number of rotatable bonds is 4. The molecule has 1 aromatic carbocycles. The Balaban J connectivity index is 2.03. The lowest BCUT2D eigenvalue weighted by Crippen LogP contribution is -2.38. The van der Waals surface area contributed by atoms with Crippen molar-refractivity contribution in [3.8, 4) is 5.75 Å². The van der Waals surface area contributed by atoms with Gasteiger partial charge in [-0.2, -0.15) is 0 Å². The third-order valence-electron chi connectivity index (χ3n) is 3.47. The molecule has 1 saturated heterocycles. The number of likely N-dealkylation sites (tertiary alicyclic amines) is 1. The Morgan fingerprint density at radius 3 is 2.89 bits per heavy atom. The number of hydrogen-bond donors (Lipinski definition) is 1. The second-order valence-corrected chi connectivity index (χ2v) is 4.77. The minimum absolute atomic E-state index is 0.0591. The van der Waals surface area contributed by atoms with Crippen molar-refractivity contribution >= 4 is 5.91 Å². The molecular weight excluding hydrogens is 228 g/mol. The van der Waals surface area contributed by atoms with Gasteiger partial charge in [0.15, 0.2) is 0 Å². The molecule has 2 rings (SSSR count). The standard InChI is InChI=1S/C14H20N2O2/c1-10(11-5-4-6-12(9-11)18-3)15-13-7-8-16(2)14(13)17/h4-6,9-10,13,15H,7-8H2,1-3H3/t10-,13?/m1/s1. The van der Waals surface area contributed by atoms with Gasteiger partial charge in [0.1, 0.15) is 5.75 Å². The molecule has 1 aliphatic rings. The van der Waals surface area contributed by atoms with E-state index in [4.69, 9.17) is 4.74 Å². The maximum Gasteiger partial charge on any atom is 0.239 e. The summed E-state index contributed by atoms with van der Waals surface area (Å²) in [7, 11) is 3.51. The summed E-state index contributed by atoms with van der Waals surface area (Å²) in [6, 6.07) is 8.01. The second-order valence-electron chi connectivity index (χ2n) is 4.77. The minimum atomic E-state index is -0.0591. The van der Waals surface area contributed by atoms with Gasteiger partial charge in [-0.15, -0.1) is 0 Å². The molecule has 18 heavy (non-hydrogen) atoms. The van der Waals surface area contributed by atoms with Crippen molar-refractivity contribution in [2.24, 2.45) is 0 Å². The number of likely N-dealkylation sites (N-methyl/N-ethyl adjacent to an activating group) is 1. The Kier molecular flexibility index (Phi) is 3.87. The number of nitrogens with one attached hydrogen (secondary N) is 1. The molecule has 0 saturated carbocycles. The number of methoxy groups -OCH3 is 1. The van der Waals surface area contributed by atoms with Crippen molar-refractivity contribution in [1.82, 2.24) is 10.2 Å². The van der Waals surface area contributed by atoms with E-state index in [0.717, 1.165) is 24.3 Å². The zero-order chi connectivity index (χ0) is 13.1. The molecule has 0 spiro atoms. The molecule has 1 heterocycles. The maximum absolute atomic E-state index is 11.8. The van der Waals surface area contributed by atoms with Crippen LogP contribution in [0, 0.1) is 0 Å². The van der Waals surface area contributed by atoms with E-state index in [2.05, 4.69) is 12.2 Å². The van der Waals surface area contributed by atoms with Gasteiger partial charge in [0, 0.05) is 19.6 Å². The van der Waals surface area contributed by atoms with E-state index in [1.165, 1.54) is 0 Å². The monoisotopic (exact) mass is 248 g/mol. The van der Waals surface area contributed by atoms with Gasteiger partial charge in [-0.05, 0) is 31.0 Å². The third kappa shape index (κ3) is 2.64. The highest BCUT2D eigenvalue weighted by atomic mass is 16.5. The van der Waals surface area contributed by atoms with Crippen molar-refractivity contribution in [2.75, 3.05) is 20.7 Å². The van der Waals surface area contributed by atoms with Crippen molar-refractivity contribution < 1.29 is 9.53 Å². The van der Waals surface area contributed by atoms with E-state index in [1.54, 1.807) is 12.0 Å². The Morgan fingerprint density at radius 1 is 1.50 bits per heavy atom. The molecule has 0 radical (unpaired) electrons. The fourth-order valence-corrected chi connectivity index (χ4v) is 2.29. The summed E-state index contributed by atoms with van der Waals surface area (Å²) in [6.07, 6.45) is 0.879. The second kappa shape index (κ2) is 5.40. The van der Waals surface area contributed by atoms with Crippen LogP contribution in [0.25, 0.3) is 0 Å². The first kappa shape index (κ1) is 12.9. The van der Waals surface area contributed by atoms with Crippen molar-refractivity contribution in [2.45, 2.75) is 25.4 Å². The van der Waals surface area contributed by atoms with Crippen molar-refractivity contribution in [1.29, 1.82) is 0 Å². The first-order valence-electron chi connectivity index (χ1n) is 6.27. The molecule has 0 aromatic heterocycles. The third-order valence-corrected chi connectivity index (χ3v) is 3.47. The molecule has 4 nitrogen and oxygen atoms in total. The summed E-state index contributed by atoms with van der Waals surface area (Å²) in [4.78, 5) is 13.6. The smallest absolute Gasteiger partial charge is 0.239 e. The van der Waals surface area contributed by atoms with Gasteiger partial charge in [0.25, 0.3) is 0 Å². The van der Waals surface area contributed by atoms with E-state index in [1.807, 2.05) is 31.3 Å². The topological polar surface area (TPSA) is 41.6 Å². The number of hydrogen-bond acceptors (Lipinski definition) is 3. The van der Waals surface area contributed by atoms with Gasteiger partial charge in [-0.3, -0.25) is 10.1 Å². The molecule has 1 unspecified atom stereocenters. The quantitative estimate of drug-likeness (QED) is 0.879. The average Bonchev–Trinajstić information content (AvgIpc) is 2.71. The van der Waals surface area contributed by atoms with Crippen molar-refractivity contribution in [3.63, 3.8) is 0 Å². The SMILES string of the molecule is COc1cccc([C@@H](C)NC2CCN(C)C2=O)c1. The number of nitrogens with zero attached hydrogens (tertiary/aromatic N) is 1. The molecule has 2 atom stereocenters. The lowest BCUT2D eigenvalue weighted by atomic mass is 10.1. The fraction of sp³-hybridized carbons (Fsp3) is 0.500. The molecule has 0 bridgehead atoms. The number of benzene rings is 1. The normalized spacial score (nSPS) is 21.2. The molecule has 4 heteroatoms. The fourth-order valence-electron chi connectivity index (χ4n) is 2.29. The Hall–Kier alpha value is -1.55. The van der Waals surface area contributed by atoms with Crippen LogP contribution in [0.4, 0.5) is 0 Å². The lowest BCUT2D eigenvalue weighted by Gasteiger charge is -2.19. The molecule has 1 aromatic rings. The summed E-state index contributed by atoms with van der Waals surface area (Å²) in [5.41, 5.74) is 1.14. The molecule has 98 valence electrons. The van der Waals surface area contributed by atoms with Crippen LogP contribution < -0.4 is 10.1 Å². The predicted octanol–water partition coefficient (Wildman–Crippen LogP) is 1.58. The maximum atomic E-state index is 11.8. The zero-order valence-corrected chi connectivity index (χ0v) is 11.1. The highest BCUT2D eigenvalue weighted by Crippen LogP contribution is 2.20. The average molecular weight is 248 g/mol. The van der Waals surface area contributed by atoms with Crippen LogP contribution in [0.2, 0.25) is 0 Å². The van der Waals surface area contributed by atoms with Gasteiger partial charge >= 0.3 is 0 Å². The van der Waals surface area contributed by atoms with Crippen LogP contribution in [0.15, 0.2) is 24.3 Å². The van der Waals surface area contributed by atoms with Crippen LogP contribution in [-0.2, 0) is 4.79 Å². The molecule has 1 aliphatic heterocycles. The lowest BCUT2D eigenvalue weighted by molar-refractivity contribution is -0.128. The highest BCUT2D eigenvalue weighted by molar-refractivity contribution is 5.83. The number of carbonyl (C=O) groups is 1. The largest absolute Gasteiger partial charge is 0.497 e. The Bertz CT molecular complexity index is 434. The summed E-state index contributed by atoms with van der Waals surface area (Å²) in [5.74, 6) is 1.03. The first-order valence-corrected chi connectivity index (χ1v) is 6.27.